The van der Waals surface area contributed by atoms with Crippen LogP contribution in [0.25, 0.3) is 0 Å². The second-order valence-electron chi connectivity index (χ2n) is 4.70. The summed E-state index contributed by atoms with van der Waals surface area (Å²) in [5.74, 6) is 3.46. The van der Waals surface area contributed by atoms with Crippen LogP contribution in [0, 0.1) is 12.3 Å². The van der Waals surface area contributed by atoms with Gasteiger partial charge in [-0.2, -0.15) is 0 Å². The molecule has 0 aliphatic carbocycles. The summed E-state index contributed by atoms with van der Waals surface area (Å²) in [7, 11) is 0. The molecule has 4 nitrogen and oxygen atoms in total. The Morgan fingerprint density at radius 3 is 2.91 bits per heavy atom. The average Bonchev–Trinajstić information content (AvgIpc) is 2.99. The van der Waals surface area contributed by atoms with Crippen molar-refractivity contribution in [1.82, 2.24) is 4.90 Å². The SMILES string of the molecule is C#CCN(Cc1ccco1)C(=O)C(C)Oc1cccc(Cl)c1. The van der Waals surface area contributed by atoms with Gasteiger partial charge < -0.3 is 14.1 Å². The number of terminal acetylenes is 1. The number of amides is 1. The molecule has 114 valence electrons. The van der Waals surface area contributed by atoms with E-state index in [1.165, 1.54) is 4.90 Å². The number of furan rings is 1. The van der Waals surface area contributed by atoms with Crippen LogP contribution < -0.4 is 4.74 Å². The van der Waals surface area contributed by atoms with Crippen molar-refractivity contribution >= 4 is 17.5 Å². The van der Waals surface area contributed by atoms with Gasteiger partial charge >= 0.3 is 0 Å². The maximum atomic E-state index is 12.5. The van der Waals surface area contributed by atoms with E-state index in [-0.39, 0.29) is 12.5 Å². The Bertz CT molecular complexity index is 661. The summed E-state index contributed by atoms with van der Waals surface area (Å²) in [4.78, 5) is 14.0. The predicted molar refractivity (Wildman–Crippen MR) is 84.5 cm³/mol. The molecule has 22 heavy (non-hydrogen) atoms. The van der Waals surface area contributed by atoms with Crippen molar-refractivity contribution in [2.45, 2.75) is 19.6 Å². The smallest absolute Gasteiger partial charge is 0.264 e. The Kier molecular flexibility index (Phi) is 5.51. The molecule has 1 atom stereocenters. The summed E-state index contributed by atoms with van der Waals surface area (Å²) >= 11 is 5.90. The number of rotatable bonds is 6. The molecule has 2 aromatic rings. The molecule has 0 fully saturated rings. The van der Waals surface area contributed by atoms with Gasteiger partial charge in [0.2, 0.25) is 0 Å². The first-order chi connectivity index (χ1) is 10.6. The first kappa shape index (κ1) is 16.0. The van der Waals surface area contributed by atoms with Crippen LogP contribution in [0.5, 0.6) is 5.75 Å². The molecule has 1 amide bonds. The fourth-order valence-electron chi connectivity index (χ4n) is 1.96. The maximum absolute atomic E-state index is 12.5. The Labute approximate surface area is 134 Å². The number of ether oxygens (including phenoxy) is 1. The van der Waals surface area contributed by atoms with E-state index in [9.17, 15) is 4.79 Å². The van der Waals surface area contributed by atoms with E-state index in [0.29, 0.717) is 23.1 Å². The van der Waals surface area contributed by atoms with Gasteiger partial charge in [-0.25, -0.2) is 0 Å². The highest BCUT2D eigenvalue weighted by atomic mass is 35.5. The van der Waals surface area contributed by atoms with Crippen LogP contribution in [0.15, 0.2) is 47.1 Å². The standard InChI is InChI=1S/C17H16ClNO3/c1-3-9-19(12-16-8-5-10-21-16)17(20)13(2)22-15-7-4-6-14(18)11-15/h1,4-8,10-11,13H,9,12H2,2H3. The topological polar surface area (TPSA) is 42.7 Å². The molecular weight excluding hydrogens is 302 g/mol. The average molecular weight is 318 g/mol. The van der Waals surface area contributed by atoms with Crippen molar-refractivity contribution in [2.75, 3.05) is 6.54 Å². The molecular formula is C17H16ClNO3. The molecule has 0 saturated heterocycles. The molecule has 5 heteroatoms. The number of carbonyl (C=O) groups is 1. The molecule has 0 aliphatic heterocycles. The van der Waals surface area contributed by atoms with Gasteiger partial charge in [0.25, 0.3) is 5.91 Å². The molecule has 0 bridgehead atoms. The first-order valence-electron chi connectivity index (χ1n) is 6.77. The van der Waals surface area contributed by atoms with E-state index in [4.69, 9.17) is 27.2 Å². The molecule has 0 N–H and O–H groups in total. The van der Waals surface area contributed by atoms with Gasteiger partial charge in [0.15, 0.2) is 6.10 Å². The minimum Gasteiger partial charge on any atom is -0.481 e. The number of hydrogen-bond donors (Lipinski definition) is 0. The van der Waals surface area contributed by atoms with Crippen molar-refractivity contribution < 1.29 is 13.9 Å². The molecule has 0 radical (unpaired) electrons. The Morgan fingerprint density at radius 1 is 1.45 bits per heavy atom. The lowest BCUT2D eigenvalue weighted by molar-refractivity contribution is -0.138. The monoisotopic (exact) mass is 317 g/mol. The van der Waals surface area contributed by atoms with Crippen molar-refractivity contribution in [3.05, 3.63) is 53.4 Å². The third-order valence-corrected chi connectivity index (χ3v) is 3.21. The highest BCUT2D eigenvalue weighted by molar-refractivity contribution is 6.30. The van der Waals surface area contributed by atoms with E-state index >= 15 is 0 Å². The fourth-order valence-corrected chi connectivity index (χ4v) is 2.14. The number of hydrogen-bond acceptors (Lipinski definition) is 3. The molecule has 1 unspecified atom stereocenters. The van der Waals surface area contributed by atoms with Gasteiger partial charge in [0, 0.05) is 5.02 Å². The van der Waals surface area contributed by atoms with E-state index in [2.05, 4.69) is 5.92 Å². The first-order valence-corrected chi connectivity index (χ1v) is 7.15. The third kappa shape index (κ3) is 4.31. The molecule has 0 spiro atoms. The van der Waals surface area contributed by atoms with Crippen molar-refractivity contribution in [3.8, 4) is 18.1 Å². The van der Waals surface area contributed by atoms with Crippen LogP contribution in [0.4, 0.5) is 0 Å². The molecule has 0 saturated carbocycles. The maximum Gasteiger partial charge on any atom is 0.264 e. The lowest BCUT2D eigenvalue weighted by Gasteiger charge is -2.23. The van der Waals surface area contributed by atoms with E-state index in [1.54, 1.807) is 49.6 Å². The van der Waals surface area contributed by atoms with Crippen LogP contribution in [0.1, 0.15) is 12.7 Å². The lowest BCUT2D eigenvalue weighted by Crippen LogP contribution is -2.40. The molecule has 2 rings (SSSR count). The Hall–Kier alpha value is -2.38. The highest BCUT2D eigenvalue weighted by Crippen LogP contribution is 2.19. The molecule has 1 aromatic carbocycles. The predicted octanol–water partition coefficient (Wildman–Crippen LogP) is 3.36. The zero-order chi connectivity index (χ0) is 15.9. The summed E-state index contributed by atoms with van der Waals surface area (Å²) in [6.45, 7) is 2.16. The number of benzene rings is 1. The lowest BCUT2D eigenvalue weighted by atomic mass is 10.3. The highest BCUT2D eigenvalue weighted by Gasteiger charge is 2.22. The number of carbonyl (C=O) groups excluding carboxylic acids is 1. The summed E-state index contributed by atoms with van der Waals surface area (Å²) in [6.07, 6.45) is 6.21. The Morgan fingerprint density at radius 2 is 2.27 bits per heavy atom. The third-order valence-electron chi connectivity index (χ3n) is 2.98. The second kappa shape index (κ2) is 7.58. The summed E-state index contributed by atoms with van der Waals surface area (Å²) in [5, 5.41) is 0.549. The zero-order valence-corrected chi connectivity index (χ0v) is 12.9. The summed E-state index contributed by atoms with van der Waals surface area (Å²) in [6, 6.07) is 10.5. The van der Waals surface area contributed by atoms with Crippen LogP contribution in [0.2, 0.25) is 5.02 Å². The van der Waals surface area contributed by atoms with E-state index < -0.39 is 6.10 Å². The van der Waals surface area contributed by atoms with E-state index in [1.807, 2.05) is 0 Å². The van der Waals surface area contributed by atoms with Gasteiger partial charge in [-0.3, -0.25) is 4.79 Å². The van der Waals surface area contributed by atoms with E-state index in [0.717, 1.165) is 0 Å². The van der Waals surface area contributed by atoms with Gasteiger partial charge in [0.05, 0.1) is 19.4 Å². The van der Waals surface area contributed by atoms with Gasteiger partial charge in [0.1, 0.15) is 11.5 Å². The number of nitrogens with zero attached hydrogens (tertiary/aromatic N) is 1. The molecule has 1 aromatic heterocycles. The second-order valence-corrected chi connectivity index (χ2v) is 5.13. The quantitative estimate of drug-likeness (QED) is 0.767. The minimum absolute atomic E-state index is 0.183. The summed E-state index contributed by atoms with van der Waals surface area (Å²) in [5.41, 5.74) is 0. The van der Waals surface area contributed by atoms with Crippen molar-refractivity contribution in [2.24, 2.45) is 0 Å². The number of halogens is 1. The van der Waals surface area contributed by atoms with Gasteiger partial charge in [-0.15, -0.1) is 6.42 Å². The van der Waals surface area contributed by atoms with Crippen molar-refractivity contribution in [1.29, 1.82) is 0 Å². The van der Waals surface area contributed by atoms with Crippen LogP contribution >= 0.6 is 11.6 Å². The zero-order valence-electron chi connectivity index (χ0n) is 12.2. The Balaban J connectivity index is 2.04. The largest absolute Gasteiger partial charge is 0.481 e. The normalized spacial score (nSPS) is 11.5. The molecule has 0 aliphatic rings. The summed E-state index contributed by atoms with van der Waals surface area (Å²) < 4.78 is 10.9. The fraction of sp³-hybridized carbons (Fsp3) is 0.235. The minimum atomic E-state index is -0.679. The molecule has 1 heterocycles. The van der Waals surface area contributed by atoms with Crippen LogP contribution in [-0.4, -0.2) is 23.5 Å². The van der Waals surface area contributed by atoms with Crippen LogP contribution in [0.3, 0.4) is 0 Å². The van der Waals surface area contributed by atoms with Crippen LogP contribution in [-0.2, 0) is 11.3 Å². The van der Waals surface area contributed by atoms with Gasteiger partial charge in [-0.1, -0.05) is 23.6 Å². The van der Waals surface area contributed by atoms with Crippen molar-refractivity contribution in [3.63, 3.8) is 0 Å². The van der Waals surface area contributed by atoms with Gasteiger partial charge in [-0.05, 0) is 37.3 Å².